The second kappa shape index (κ2) is 4.50. The van der Waals surface area contributed by atoms with E-state index >= 15 is 0 Å². The molecule has 102 valence electrons. The molecule has 6 nitrogen and oxygen atoms in total. The fraction of sp³-hybridized carbons (Fsp3) is 0.583. The van der Waals surface area contributed by atoms with Crippen LogP contribution in [0, 0.1) is 13.8 Å². The molecule has 2 aromatic heterocycles. The van der Waals surface area contributed by atoms with Crippen molar-refractivity contribution in [1.29, 1.82) is 0 Å². The minimum absolute atomic E-state index is 0.193. The predicted octanol–water partition coefficient (Wildman–Crippen LogP) is 1.06. The number of aromatic nitrogens is 4. The zero-order valence-electron chi connectivity index (χ0n) is 10.7. The first-order chi connectivity index (χ1) is 9.10. The molecule has 0 aromatic carbocycles. The molecule has 3 atom stereocenters. The average molecular weight is 266 g/mol. The number of imidazole rings is 1. The molecular weight excluding hydrogens is 251 g/mol. The van der Waals surface area contributed by atoms with E-state index in [0.717, 1.165) is 5.69 Å². The van der Waals surface area contributed by atoms with Crippen LogP contribution in [-0.2, 0) is 4.74 Å². The standard InChI is InChI=1S/C12H15FN4O2/c1-6-11-12(16-7(2)15-6)17(5-14-11)10-3-8(13)9(4-18)19-10/h5,8-10,18H,3-4H2,1-2H3/t8-,9+,10+/m0/s1. The summed E-state index contributed by atoms with van der Waals surface area (Å²) in [6, 6.07) is 0. The van der Waals surface area contributed by atoms with Crippen LogP contribution in [0.1, 0.15) is 24.2 Å². The van der Waals surface area contributed by atoms with Gasteiger partial charge in [0.1, 0.15) is 29.8 Å². The first kappa shape index (κ1) is 12.4. The summed E-state index contributed by atoms with van der Waals surface area (Å²) < 4.78 is 20.8. The Morgan fingerprint density at radius 2 is 2.26 bits per heavy atom. The highest BCUT2D eigenvalue weighted by atomic mass is 19.1. The second-order valence-corrected chi connectivity index (χ2v) is 4.74. The number of aliphatic hydroxyl groups is 1. The summed E-state index contributed by atoms with van der Waals surface area (Å²) in [7, 11) is 0. The van der Waals surface area contributed by atoms with Crippen LogP contribution < -0.4 is 0 Å². The van der Waals surface area contributed by atoms with Gasteiger partial charge in [0.2, 0.25) is 0 Å². The van der Waals surface area contributed by atoms with Crippen LogP contribution in [0.3, 0.4) is 0 Å². The molecule has 1 aliphatic heterocycles. The zero-order valence-corrected chi connectivity index (χ0v) is 10.7. The normalized spacial score (nSPS) is 27.3. The summed E-state index contributed by atoms with van der Waals surface area (Å²) in [4.78, 5) is 12.8. The van der Waals surface area contributed by atoms with Crippen LogP contribution in [-0.4, -0.2) is 43.5 Å². The summed E-state index contributed by atoms with van der Waals surface area (Å²) in [6.07, 6.45) is -0.643. The third kappa shape index (κ3) is 1.98. The van der Waals surface area contributed by atoms with Gasteiger partial charge in [0.25, 0.3) is 0 Å². The van der Waals surface area contributed by atoms with Crippen LogP contribution in [0.15, 0.2) is 6.33 Å². The highest BCUT2D eigenvalue weighted by Gasteiger charge is 2.36. The lowest BCUT2D eigenvalue weighted by Gasteiger charge is -2.13. The number of alkyl halides is 1. The fourth-order valence-corrected chi connectivity index (χ4v) is 2.43. The van der Waals surface area contributed by atoms with E-state index in [-0.39, 0.29) is 13.0 Å². The number of ether oxygens (including phenoxy) is 1. The minimum atomic E-state index is -1.17. The molecule has 1 saturated heterocycles. The lowest BCUT2D eigenvalue weighted by molar-refractivity contribution is -0.0323. The third-order valence-electron chi connectivity index (χ3n) is 3.36. The van der Waals surface area contributed by atoms with Gasteiger partial charge in [0.05, 0.1) is 18.6 Å². The number of rotatable bonds is 2. The Morgan fingerprint density at radius 1 is 1.47 bits per heavy atom. The summed E-state index contributed by atoms with van der Waals surface area (Å²) >= 11 is 0. The average Bonchev–Trinajstić information content (AvgIpc) is 2.92. The predicted molar refractivity (Wildman–Crippen MR) is 65.3 cm³/mol. The lowest BCUT2D eigenvalue weighted by atomic mass is 10.2. The Labute approximate surface area is 109 Å². The van der Waals surface area contributed by atoms with E-state index in [0.29, 0.717) is 17.0 Å². The molecule has 7 heteroatoms. The number of halogens is 1. The maximum Gasteiger partial charge on any atom is 0.165 e. The molecule has 1 fully saturated rings. The fourth-order valence-electron chi connectivity index (χ4n) is 2.43. The SMILES string of the molecule is Cc1nc(C)c2ncn([C@H]3C[C@H](F)[C@@H](CO)O3)c2n1. The van der Waals surface area contributed by atoms with E-state index in [9.17, 15) is 4.39 Å². The number of aryl methyl sites for hydroxylation is 2. The maximum atomic E-state index is 13.6. The summed E-state index contributed by atoms with van der Waals surface area (Å²) in [5.74, 6) is 0.639. The zero-order chi connectivity index (χ0) is 13.6. The number of fused-ring (bicyclic) bond motifs is 1. The van der Waals surface area contributed by atoms with Gasteiger partial charge in [-0.25, -0.2) is 19.3 Å². The Bertz CT molecular complexity index is 615. The van der Waals surface area contributed by atoms with E-state index in [4.69, 9.17) is 9.84 Å². The van der Waals surface area contributed by atoms with Crippen molar-refractivity contribution in [2.45, 2.75) is 38.8 Å². The highest BCUT2D eigenvalue weighted by Crippen LogP contribution is 2.32. The molecule has 1 aliphatic rings. The Hall–Kier alpha value is -1.60. The van der Waals surface area contributed by atoms with Gasteiger partial charge in [-0.3, -0.25) is 4.57 Å². The van der Waals surface area contributed by atoms with Gasteiger partial charge in [0, 0.05) is 6.42 Å². The van der Waals surface area contributed by atoms with Crippen molar-refractivity contribution in [3.8, 4) is 0 Å². The van der Waals surface area contributed by atoms with E-state index in [1.54, 1.807) is 17.8 Å². The van der Waals surface area contributed by atoms with Crippen molar-refractivity contribution in [3.05, 3.63) is 17.8 Å². The molecule has 3 heterocycles. The highest BCUT2D eigenvalue weighted by molar-refractivity contribution is 5.73. The van der Waals surface area contributed by atoms with Crippen molar-refractivity contribution in [2.24, 2.45) is 0 Å². The smallest absolute Gasteiger partial charge is 0.165 e. The molecule has 0 spiro atoms. The number of aliphatic hydroxyl groups excluding tert-OH is 1. The monoisotopic (exact) mass is 266 g/mol. The number of hydrogen-bond donors (Lipinski definition) is 1. The van der Waals surface area contributed by atoms with Crippen LogP contribution >= 0.6 is 0 Å². The van der Waals surface area contributed by atoms with Gasteiger partial charge in [-0.05, 0) is 13.8 Å². The van der Waals surface area contributed by atoms with Crippen LogP contribution in [0.5, 0.6) is 0 Å². The summed E-state index contributed by atoms with van der Waals surface area (Å²) in [6.45, 7) is 3.34. The summed E-state index contributed by atoms with van der Waals surface area (Å²) in [5.41, 5.74) is 2.12. The van der Waals surface area contributed by atoms with Gasteiger partial charge < -0.3 is 9.84 Å². The lowest BCUT2D eigenvalue weighted by Crippen LogP contribution is -2.21. The van der Waals surface area contributed by atoms with Crippen molar-refractivity contribution in [1.82, 2.24) is 19.5 Å². The van der Waals surface area contributed by atoms with Crippen LogP contribution in [0.25, 0.3) is 11.2 Å². The van der Waals surface area contributed by atoms with Crippen molar-refractivity contribution in [2.75, 3.05) is 6.61 Å². The molecule has 0 bridgehead atoms. The van der Waals surface area contributed by atoms with Gasteiger partial charge in [0.15, 0.2) is 5.65 Å². The van der Waals surface area contributed by atoms with Gasteiger partial charge in [-0.2, -0.15) is 0 Å². The second-order valence-electron chi connectivity index (χ2n) is 4.74. The molecule has 2 aromatic rings. The molecule has 0 radical (unpaired) electrons. The number of nitrogens with zero attached hydrogens (tertiary/aromatic N) is 4. The van der Waals surface area contributed by atoms with Gasteiger partial charge in [-0.15, -0.1) is 0 Å². The van der Waals surface area contributed by atoms with E-state index < -0.39 is 18.5 Å². The first-order valence-electron chi connectivity index (χ1n) is 6.18. The Balaban J connectivity index is 2.02. The molecule has 0 unspecified atom stereocenters. The third-order valence-corrected chi connectivity index (χ3v) is 3.36. The topological polar surface area (TPSA) is 73.1 Å². The molecule has 0 amide bonds. The van der Waals surface area contributed by atoms with E-state index in [2.05, 4.69) is 15.0 Å². The van der Waals surface area contributed by atoms with Gasteiger partial charge in [-0.1, -0.05) is 0 Å². The van der Waals surface area contributed by atoms with Crippen molar-refractivity contribution < 1.29 is 14.2 Å². The quantitative estimate of drug-likeness (QED) is 0.880. The van der Waals surface area contributed by atoms with Crippen LogP contribution in [0.2, 0.25) is 0 Å². The van der Waals surface area contributed by atoms with E-state index in [1.165, 1.54) is 0 Å². The largest absolute Gasteiger partial charge is 0.394 e. The number of hydrogen-bond acceptors (Lipinski definition) is 5. The molecule has 19 heavy (non-hydrogen) atoms. The maximum absolute atomic E-state index is 13.6. The van der Waals surface area contributed by atoms with Crippen molar-refractivity contribution in [3.63, 3.8) is 0 Å². The molecule has 1 N–H and O–H groups in total. The van der Waals surface area contributed by atoms with Crippen LogP contribution in [0.4, 0.5) is 4.39 Å². The Morgan fingerprint density at radius 3 is 2.95 bits per heavy atom. The minimum Gasteiger partial charge on any atom is -0.394 e. The molecule has 0 aliphatic carbocycles. The van der Waals surface area contributed by atoms with Gasteiger partial charge >= 0.3 is 0 Å². The van der Waals surface area contributed by atoms with Crippen molar-refractivity contribution >= 4 is 11.2 Å². The molecule has 3 rings (SSSR count). The van der Waals surface area contributed by atoms with E-state index in [1.807, 2.05) is 6.92 Å². The molecular formula is C12H15FN4O2. The Kier molecular flexibility index (Phi) is 2.94. The molecule has 0 saturated carbocycles. The first-order valence-corrected chi connectivity index (χ1v) is 6.18. The summed E-state index contributed by atoms with van der Waals surface area (Å²) in [5, 5.41) is 9.04.